The predicted molar refractivity (Wildman–Crippen MR) is 33.1 cm³/mol. The fraction of sp³-hybridized carbons (Fsp3) is 0.250. The molecule has 1 heterocycles. The number of nitrogens with zero attached hydrogens (tertiary/aromatic N) is 2. The van der Waals surface area contributed by atoms with Crippen LogP contribution in [0.1, 0.15) is 0 Å². The lowest BCUT2D eigenvalue weighted by atomic mass is 10.4. The minimum Gasteiger partial charge on any atom is -0.368 e. The van der Waals surface area contributed by atoms with Crippen molar-refractivity contribution < 1.29 is 4.79 Å². The number of rotatable bonds is 1. The lowest BCUT2D eigenvalue weighted by molar-refractivity contribution is -0.112. The van der Waals surface area contributed by atoms with Gasteiger partial charge in [-0.15, -0.1) is 0 Å². The van der Waals surface area contributed by atoms with Gasteiger partial charge in [-0.25, -0.2) is 9.98 Å². The van der Waals surface area contributed by atoms with Gasteiger partial charge >= 0.3 is 0 Å². The maximum Gasteiger partial charge on any atom is 0.265 e. The van der Waals surface area contributed by atoms with Crippen molar-refractivity contribution in [1.82, 2.24) is 0 Å². The highest BCUT2D eigenvalue weighted by Crippen LogP contribution is 1.89. The summed E-state index contributed by atoms with van der Waals surface area (Å²) >= 11 is 0. The SMILES string of the molecule is NC(=O)C1=NC(N)=NC1. The van der Waals surface area contributed by atoms with Gasteiger partial charge in [0.05, 0.1) is 6.54 Å². The predicted octanol–water partition coefficient (Wildman–Crippen LogP) is -1.76. The van der Waals surface area contributed by atoms with Crippen molar-refractivity contribution in [3.05, 3.63) is 0 Å². The molecule has 5 heteroatoms. The maximum absolute atomic E-state index is 10.3. The first-order valence-electron chi connectivity index (χ1n) is 2.37. The van der Waals surface area contributed by atoms with Gasteiger partial charge in [0.15, 0.2) is 0 Å². The van der Waals surface area contributed by atoms with E-state index in [0.717, 1.165) is 0 Å². The Hall–Kier alpha value is -1.39. The second kappa shape index (κ2) is 1.85. The molecule has 0 fully saturated rings. The third-order valence-electron chi connectivity index (χ3n) is 0.925. The number of carbonyl (C=O) groups is 1. The van der Waals surface area contributed by atoms with Gasteiger partial charge in [0.25, 0.3) is 5.91 Å². The van der Waals surface area contributed by atoms with Crippen LogP contribution in [-0.4, -0.2) is 24.1 Å². The second-order valence-electron chi connectivity index (χ2n) is 1.60. The quantitative estimate of drug-likeness (QED) is 0.435. The van der Waals surface area contributed by atoms with Crippen LogP contribution in [0.15, 0.2) is 9.98 Å². The van der Waals surface area contributed by atoms with Crippen molar-refractivity contribution in [2.45, 2.75) is 0 Å². The first-order valence-corrected chi connectivity index (χ1v) is 2.37. The molecule has 0 aromatic carbocycles. The normalized spacial score (nSPS) is 16.9. The van der Waals surface area contributed by atoms with E-state index in [4.69, 9.17) is 11.5 Å². The van der Waals surface area contributed by atoms with E-state index in [9.17, 15) is 4.79 Å². The van der Waals surface area contributed by atoms with Gasteiger partial charge in [-0.1, -0.05) is 0 Å². The van der Waals surface area contributed by atoms with Crippen LogP contribution in [0.5, 0.6) is 0 Å². The summed E-state index contributed by atoms with van der Waals surface area (Å²) in [7, 11) is 0. The number of hydrogen-bond acceptors (Lipinski definition) is 4. The molecule has 5 nitrogen and oxygen atoms in total. The Morgan fingerprint density at radius 1 is 1.67 bits per heavy atom. The molecule has 0 saturated carbocycles. The summed E-state index contributed by atoms with van der Waals surface area (Å²) < 4.78 is 0. The molecular weight excluding hydrogens is 120 g/mol. The number of amides is 1. The van der Waals surface area contributed by atoms with Crippen LogP contribution in [0.3, 0.4) is 0 Å². The monoisotopic (exact) mass is 126 g/mol. The first-order chi connectivity index (χ1) is 4.20. The minimum atomic E-state index is -0.556. The third kappa shape index (κ3) is 1.04. The number of guanidine groups is 1. The highest BCUT2D eigenvalue weighted by Gasteiger charge is 2.11. The van der Waals surface area contributed by atoms with E-state index in [1.54, 1.807) is 0 Å². The Morgan fingerprint density at radius 2 is 2.33 bits per heavy atom. The molecule has 0 radical (unpaired) electrons. The van der Waals surface area contributed by atoms with Crippen LogP contribution < -0.4 is 11.5 Å². The molecule has 1 aliphatic rings. The van der Waals surface area contributed by atoms with Crippen LogP contribution in [0.2, 0.25) is 0 Å². The van der Waals surface area contributed by atoms with Gasteiger partial charge in [-0.3, -0.25) is 4.79 Å². The van der Waals surface area contributed by atoms with E-state index in [-0.39, 0.29) is 18.2 Å². The molecule has 48 valence electrons. The summed E-state index contributed by atoms with van der Waals surface area (Å²) in [4.78, 5) is 17.5. The van der Waals surface area contributed by atoms with Crippen molar-refractivity contribution in [2.24, 2.45) is 21.5 Å². The van der Waals surface area contributed by atoms with Gasteiger partial charge in [-0.2, -0.15) is 0 Å². The fourth-order valence-electron chi connectivity index (χ4n) is 0.498. The van der Waals surface area contributed by atoms with Crippen LogP contribution in [-0.2, 0) is 4.79 Å². The zero-order valence-electron chi connectivity index (χ0n) is 4.66. The van der Waals surface area contributed by atoms with Crippen LogP contribution in [0, 0.1) is 0 Å². The first kappa shape index (κ1) is 5.74. The molecule has 0 aliphatic carbocycles. The van der Waals surface area contributed by atoms with E-state index in [0.29, 0.717) is 0 Å². The lowest BCUT2D eigenvalue weighted by Crippen LogP contribution is -2.24. The number of aliphatic imine (C=N–C) groups is 2. The van der Waals surface area contributed by atoms with E-state index >= 15 is 0 Å². The van der Waals surface area contributed by atoms with Crippen molar-refractivity contribution in [2.75, 3.05) is 6.54 Å². The Labute approximate surface area is 51.5 Å². The van der Waals surface area contributed by atoms with Gasteiger partial charge in [0, 0.05) is 0 Å². The molecule has 0 bridgehead atoms. The Morgan fingerprint density at radius 3 is 2.56 bits per heavy atom. The fourth-order valence-corrected chi connectivity index (χ4v) is 0.498. The molecule has 9 heavy (non-hydrogen) atoms. The number of primary amides is 1. The largest absolute Gasteiger partial charge is 0.368 e. The summed E-state index contributed by atoms with van der Waals surface area (Å²) in [6, 6.07) is 0. The lowest BCUT2D eigenvalue weighted by Gasteiger charge is -1.85. The summed E-state index contributed by atoms with van der Waals surface area (Å²) in [5.41, 5.74) is 10.2. The van der Waals surface area contributed by atoms with Gasteiger partial charge < -0.3 is 11.5 Å². The molecule has 0 unspecified atom stereocenters. The highest BCUT2D eigenvalue weighted by atomic mass is 16.1. The molecule has 0 atom stereocenters. The molecule has 1 amide bonds. The van der Waals surface area contributed by atoms with Crippen LogP contribution >= 0.6 is 0 Å². The average Bonchev–Trinajstić information content (AvgIpc) is 2.14. The average molecular weight is 126 g/mol. The zero-order valence-corrected chi connectivity index (χ0v) is 4.66. The molecular formula is C4H6N4O. The molecule has 1 rings (SSSR count). The van der Waals surface area contributed by atoms with Crippen molar-refractivity contribution in [3.63, 3.8) is 0 Å². The van der Waals surface area contributed by atoms with Gasteiger partial charge in [0.1, 0.15) is 5.71 Å². The second-order valence-corrected chi connectivity index (χ2v) is 1.60. The molecule has 0 saturated heterocycles. The Balaban J connectivity index is 2.71. The highest BCUT2D eigenvalue weighted by molar-refractivity contribution is 6.42. The van der Waals surface area contributed by atoms with E-state index in [1.807, 2.05) is 0 Å². The number of hydrogen-bond donors (Lipinski definition) is 2. The molecule has 4 N–H and O–H groups in total. The molecule has 0 aromatic heterocycles. The van der Waals surface area contributed by atoms with E-state index < -0.39 is 5.91 Å². The molecule has 0 aromatic rings. The maximum atomic E-state index is 10.3. The van der Waals surface area contributed by atoms with E-state index in [2.05, 4.69) is 9.98 Å². The Kier molecular flexibility index (Phi) is 1.18. The van der Waals surface area contributed by atoms with Crippen molar-refractivity contribution in [3.8, 4) is 0 Å². The summed E-state index contributed by atoms with van der Waals surface area (Å²) in [6.07, 6.45) is 0. The van der Waals surface area contributed by atoms with Crippen molar-refractivity contribution in [1.29, 1.82) is 0 Å². The summed E-state index contributed by atoms with van der Waals surface area (Å²) in [6.45, 7) is 0.223. The third-order valence-corrected chi connectivity index (χ3v) is 0.925. The van der Waals surface area contributed by atoms with Crippen molar-refractivity contribution >= 4 is 17.6 Å². The van der Waals surface area contributed by atoms with Crippen LogP contribution in [0.25, 0.3) is 0 Å². The zero-order chi connectivity index (χ0) is 6.85. The smallest absolute Gasteiger partial charge is 0.265 e. The van der Waals surface area contributed by atoms with E-state index in [1.165, 1.54) is 0 Å². The minimum absolute atomic E-state index is 0.129. The van der Waals surface area contributed by atoms with Crippen LogP contribution in [0.4, 0.5) is 0 Å². The standard InChI is InChI=1S/C4H6N4O/c5-3(9)2-1-7-4(6)8-2/h1H2,(H2,5,9)(H2,6,7). The Bertz CT molecular complexity index is 205. The summed E-state index contributed by atoms with van der Waals surface area (Å²) in [5.74, 6) is -0.428. The molecule has 1 aliphatic heterocycles. The van der Waals surface area contributed by atoms with Gasteiger partial charge in [-0.05, 0) is 0 Å². The topological polar surface area (TPSA) is 93.8 Å². The van der Waals surface area contributed by atoms with Gasteiger partial charge in [0.2, 0.25) is 5.96 Å². The number of carbonyl (C=O) groups excluding carboxylic acids is 1. The molecule has 0 spiro atoms. The number of nitrogens with two attached hydrogens (primary N) is 2. The summed E-state index contributed by atoms with van der Waals surface area (Å²) in [5, 5.41) is 0.